The molecule has 0 fully saturated rings. The van der Waals surface area contributed by atoms with E-state index >= 15 is 0 Å². The number of rotatable bonds is 2. The van der Waals surface area contributed by atoms with Crippen molar-refractivity contribution < 1.29 is 3.07 Å². The van der Waals surface area contributed by atoms with Crippen molar-refractivity contribution in [1.82, 2.24) is 0 Å². The predicted molar refractivity (Wildman–Crippen MR) is 23.2 cm³/mol. The Morgan fingerprint density at radius 1 is 1.80 bits per heavy atom. The molecule has 0 spiro atoms. The van der Waals surface area contributed by atoms with Gasteiger partial charge in [0.1, 0.15) is 0 Å². The Kier molecular flexibility index (Phi) is 5.48. The van der Waals surface area contributed by atoms with E-state index < -0.39 is 0 Å². The van der Waals surface area contributed by atoms with E-state index in [1.165, 1.54) is 0 Å². The van der Waals surface area contributed by atoms with Crippen molar-refractivity contribution in [2.45, 2.75) is 11.9 Å². The van der Waals surface area contributed by atoms with Crippen molar-refractivity contribution in [3.05, 3.63) is 0 Å². The molecule has 0 bridgehead atoms. The van der Waals surface area contributed by atoms with Crippen LogP contribution in [0.2, 0.25) is 4.94 Å². The summed E-state index contributed by atoms with van der Waals surface area (Å²) in [5.41, 5.74) is 0. The first-order chi connectivity index (χ1) is 2.41. The molecule has 0 saturated heterocycles. The van der Waals surface area contributed by atoms with E-state index in [0.717, 1.165) is 6.61 Å². The first-order valence-corrected chi connectivity index (χ1v) is 5.72. The van der Waals surface area contributed by atoms with Crippen LogP contribution in [-0.2, 0) is 3.07 Å². The average Bonchev–Trinajstić information content (AvgIpc) is 1.41. The fourth-order valence-corrected chi connectivity index (χ4v) is 0.968. The summed E-state index contributed by atoms with van der Waals surface area (Å²) in [5, 5.41) is 0. The van der Waals surface area contributed by atoms with Crippen molar-refractivity contribution in [3.63, 3.8) is 0 Å². The molecular formula is C3H8OSn. The van der Waals surface area contributed by atoms with Crippen molar-refractivity contribution in [2.24, 2.45) is 0 Å². The van der Waals surface area contributed by atoms with Crippen LogP contribution in [0.15, 0.2) is 0 Å². The molecule has 1 nitrogen and oxygen atoms in total. The first kappa shape index (κ1) is 5.76. The van der Waals surface area contributed by atoms with E-state index in [9.17, 15) is 0 Å². The van der Waals surface area contributed by atoms with Gasteiger partial charge in [0.25, 0.3) is 0 Å². The molecule has 2 radical (unpaired) electrons. The minimum absolute atomic E-state index is 0.294. The molecule has 0 atom stereocenters. The van der Waals surface area contributed by atoms with Crippen LogP contribution >= 0.6 is 0 Å². The van der Waals surface area contributed by atoms with Crippen molar-refractivity contribution in [1.29, 1.82) is 0 Å². The predicted octanol–water partition coefficient (Wildman–Crippen LogP) is 0.690. The Morgan fingerprint density at radius 2 is 2.40 bits per heavy atom. The molecule has 0 aliphatic carbocycles. The monoisotopic (exact) mass is 180 g/mol. The van der Waals surface area contributed by atoms with Gasteiger partial charge < -0.3 is 0 Å². The topological polar surface area (TPSA) is 9.23 Å². The molecule has 0 saturated carbocycles. The molecule has 0 heterocycles. The van der Waals surface area contributed by atoms with Gasteiger partial charge in [-0.15, -0.1) is 0 Å². The molecule has 2 heteroatoms. The van der Waals surface area contributed by atoms with Gasteiger partial charge in [0.2, 0.25) is 0 Å². The van der Waals surface area contributed by atoms with Gasteiger partial charge in [-0.25, -0.2) is 0 Å². The summed E-state index contributed by atoms with van der Waals surface area (Å²) in [6.07, 6.45) is 0. The Morgan fingerprint density at radius 3 is 2.40 bits per heavy atom. The van der Waals surface area contributed by atoms with E-state index in [2.05, 4.69) is 4.94 Å². The van der Waals surface area contributed by atoms with Crippen LogP contribution in [0.1, 0.15) is 6.92 Å². The van der Waals surface area contributed by atoms with Gasteiger partial charge in [0, 0.05) is 0 Å². The molecule has 30 valence electrons. The number of hydrogen-bond acceptors (Lipinski definition) is 1. The van der Waals surface area contributed by atoms with Crippen LogP contribution in [0.3, 0.4) is 0 Å². The van der Waals surface area contributed by atoms with Gasteiger partial charge in [0.05, 0.1) is 0 Å². The van der Waals surface area contributed by atoms with Crippen LogP contribution in [0.5, 0.6) is 0 Å². The molecule has 0 rings (SSSR count). The van der Waals surface area contributed by atoms with Crippen LogP contribution < -0.4 is 0 Å². The third-order valence-corrected chi connectivity index (χ3v) is 1.94. The molecule has 0 aromatic carbocycles. The van der Waals surface area contributed by atoms with Crippen molar-refractivity contribution in [2.75, 3.05) is 6.61 Å². The minimum atomic E-state index is -0.294. The van der Waals surface area contributed by atoms with E-state index in [0.29, 0.717) is 0 Å². The summed E-state index contributed by atoms with van der Waals surface area (Å²) in [4.78, 5) is 2.16. The summed E-state index contributed by atoms with van der Waals surface area (Å²) in [7, 11) is 0. The second kappa shape index (κ2) is 4.76. The zero-order chi connectivity index (χ0) is 4.12. The SMILES string of the molecule is CC[O][Sn][CH3]. The average molecular weight is 179 g/mol. The van der Waals surface area contributed by atoms with Gasteiger partial charge in [-0.2, -0.15) is 0 Å². The third-order valence-electron chi connectivity index (χ3n) is 0.289. The van der Waals surface area contributed by atoms with Crippen molar-refractivity contribution in [3.8, 4) is 0 Å². The Labute approximate surface area is 43.5 Å². The molecule has 0 aromatic heterocycles. The number of hydrogen-bond donors (Lipinski definition) is 0. The molecule has 0 N–H and O–H groups in total. The fourth-order valence-electron chi connectivity index (χ4n) is 0.144. The summed E-state index contributed by atoms with van der Waals surface area (Å²) < 4.78 is 5.00. The van der Waals surface area contributed by atoms with Gasteiger partial charge in [-0.3, -0.25) is 0 Å². The molecule has 0 aromatic rings. The van der Waals surface area contributed by atoms with Gasteiger partial charge >= 0.3 is 43.1 Å². The molecular weight excluding hydrogens is 171 g/mol. The Hall–Kier alpha value is 0.759. The first-order valence-electron chi connectivity index (χ1n) is 1.70. The molecule has 0 amide bonds. The van der Waals surface area contributed by atoms with E-state index in [4.69, 9.17) is 3.07 Å². The van der Waals surface area contributed by atoms with Gasteiger partial charge in [-0.05, 0) is 0 Å². The van der Waals surface area contributed by atoms with Crippen molar-refractivity contribution >= 4 is 21.6 Å². The van der Waals surface area contributed by atoms with Gasteiger partial charge in [0.15, 0.2) is 0 Å². The van der Waals surface area contributed by atoms with Crippen LogP contribution in [-0.4, -0.2) is 28.2 Å². The quantitative estimate of drug-likeness (QED) is 0.566. The van der Waals surface area contributed by atoms with E-state index in [1.54, 1.807) is 0 Å². The Bertz CT molecular complexity index is 14.4. The zero-order valence-electron chi connectivity index (χ0n) is 3.62. The maximum absolute atomic E-state index is 5.00. The summed E-state index contributed by atoms with van der Waals surface area (Å²) in [6, 6.07) is 0. The molecule has 0 aliphatic rings. The van der Waals surface area contributed by atoms with E-state index in [1.807, 2.05) is 6.92 Å². The normalized spacial score (nSPS) is 8.40. The zero-order valence-corrected chi connectivity index (χ0v) is 6.47. The molecule has 0 aliphatic heterocycles. The summed E-state index contributed by atoms with van der Waals surface area (Å²) in [5.74, 6) is 0. The van der Waals surface area contributed by atoms with Crippen LogP contribution in [0.4, 0.5) is 0 Å². The van der Waals surface area contributed by atoms with Crippen LogP contribution in [0.25, 0.3) is 0 Å². The second-order valence-corrected chi connectivity index (χ2v) is 2.63. The second-order valence-electron chi connectivity index (χ2n) is 0.637. The third kappa shape index (κ3) is 4.76. The van der Waals surface area contributed by atoms with Gasteiger partial charge in [-0.1, -0.05) is 0 Å². The summed E-state index contributed by atoms with van der Waals surface area (Å²) in [6.45, 7) is 2.95. The van der Waals surface area contributed by atoms with E-state index in [-0.39, 0.29) is 21.6 Å². The molecule has 5 heavy (non-hydrogen) atoms. The fraction of sp³-hybridized carbons (Fsp3) is 1.00. The van der Waals surface area contributed by atoms with Crippen LogP contribution in [0, 0.1) is 0 Å². The summed E-state index contributed by atoms with van der Waals surface area (Å²) >= 11 is -0.294. The standard InChI is InChI=1S/C2H5O.CH3.Sn/c1-2-3;;/h2H2,1H3;1H3;/q-1;;+1. The Balaban J connectivity index is 2.19. The maximum atomic E-state index is 5.00. The molecule has 0 unspecified atom stereocenters.